The zero-order valence-electron chi connectivity index (χ0n) is 14.6. The molecule has 2 aliphatic rings. The van der Waals surface area contributed by atoms with Crippen molar-refractivity contribution in [1.82, 2.24) is 4.90 Å². The summed E-state index contributed by atoms with van der Waals surface area (Å²) in [5, 5.41) is 4.39. The van der Waals surface area contributed by atoms with Crippen molar-refractivity contribution in [3.8, 4) is 0 Å². The van der Waals surface area contributed by atoms with E-state index < -0.39 is 0 Å². The van der Waals surface area contributed by atoms with Gasteiger partial charge in [-0.3, -0.25) is 0 Å². The molecule has 2 fully saturated rings. The van der Waals surface area contributed by atoms with Crippen molar-refractivity contribution >= 4 is 23.0 Å². The minimum atomic E-state index is 0.550. The molecule has 0 aromatic heterocycles. The highest BCUT2D eigenvalue weighted by atomic mass is 32.1. The van der Waals surface area contributed by atoms with E-state index in [1.165, 1.54) is 44.1 Å². The van der Waals surface area contributed by atoms with Gasteiger partial charge in [-0.15, -0.1) is 0 Å². The summed E-state index contributed by atoms with van der Waals surface area (Å²) in [6.07, 6.45) is 7.80. The van der Waals surface area contributed by atoms with Crippen LogP contribution in [0.15, 0.2) is 60.7 Å². The van der Waals surface area contributed by atoms with E-state index in [0.717, 1.165) is 10.8 Å². The Hall–Kier alpha value is -1.87. The average molecular weight is 351 g/mol. The van der Waals surface area contributed by atoms with Crippen molar-refractivity contribution in [3.63, 3.8) is 0 Å². The zero-order chi connectivity index (χ0) is 17.1. The fraction of sp³-hybridized carbons (Fsp3) is 0.409. The highest BCUT2D eigenvalue weighted by molar-refractivity contribution is 7.80. The number of anilines is 1. The molecular weight excluding hydrogens is 324 g/mol. The number of nitrogens with zero attached hydrogens (tertiary/aromatic N) is 1. The largest absolute Gasteiger partial charge is 0.342 e. The van der Waals surface area contributed by atoms with Gasteiger partial charge in [-0.2, -0.15) is 0 Å². The molecule has 130 valence electrons. The van der Waals surface area contributed by atoms with Crippen LogP contribution in [0.25, 0.3) is 0 Å². The molecule has 0 heterocycles. The van der Waals surface area contributed by atoms with Gasteiger partial charge in [-0.05, 0) is 49.2 Å². The first kappa shape index (κ1) is 16.6. The Bertz CT molecular complexity index is 694. The van der Waals surface area contributed by atoms with E-state index in [2.05, 4.69) is 64.8 Å². The lowest BCUT2D eigenvalue weighted by Gasteiger charge is -2.37. The minimum Gasteiger partial charge on any atom is -0.342 e. The molecule has 2 aliphatic carbocycles. The van der Waals surface area contributed by atoms with Crippen LogP contribution in [0.3, 0.4) is 0 Å². The van der Waals surface area contributed by atoms with Crippen LogP contribution in [-0.4, -0.2) is 22.1 Å². The molecule has 1 N–H and O–H groups in total. The molecule has 2 atom stereocenters. The Balaban J connectivity index is 1.52. The van der Waals surface area contributed by atoms with E-state index in [0.29, 0.717) is 18.0 Å². The lowest BCUT2D eigenvalue weighted by molar-refractivity contribution is 0.236. The van der Waals surface area contributed by atoms with E-state index in [1.807, 2.05) is 6.07 Å². The number of nitrogens with one attached hydrogen (secondary N) is 1. The van der Waals surface area contributed by atoms with E-state index in [9.17, 15) is 0 Å². The van der Waals surface area contributed by atoms with Crippen LogP contribution in [0.5, 0.6) is 0 Å². The molecular formula is C22H26N2S. The third-order valence-electron chi connectivity index (χ3n) is 5.57. The highest BCUT2D eigenvalue weighted by Crippen LogP contribution is 2.47. The summed E-state index contributed by atoms with van der Waals surface area (Å²) in [4.78, 5) is 2.54. The van der Waals surface area contributed by atoms with Gasteiger partial charge in [0.25, 0.3) is 0 Å². The summed E-state index contributed by atoms with van der Waals surface area (Å²) in [5.41, 5.74) is 2.54. The number of thiocarbonyl (C=S) groups is 1. The second-order valence-corrected chi connectivity index (χ2v) is 7.70. The van der Waals surface area contributed by atoms with Crippen LogP contribution in [0, 0.1) is 0 Å². The molecule has 2 aromatic rings. The first-order chi connectivity index (χ1) is 12.3. The van der Waals surface area contributed by atoms with E-state index in [-0.39, 0.29) is 0 Å². The number of rotatable bonds is 4. The summed E-state index contributed by atoms with van der Waals surface area (Å²) >= 11 is 5.87. The second kappa shape index (κ2) is 7.57. The van der Waals surface area contributed by atoms with Gasteiger partial charge in [-0.25, -0.2) is 0 Å². The van der Waals surface area contributed by atoms with Gasteiger partial charge in [0.2, 0.25) is 0 Å². The van der Waals surface area contributed by atoms with Gasteiger partial charge >= 0.3 is 0 Å². The molecule has 0 amide bonds. The van der Waals surface area contributed by atoms with Crippen LogP contribution in [0.1, 0.15) is 50.0 Å². The Labute approximate surface area is 156 Å². The summed E-state index contributed by atoms with van der Waals surface area (Å²) in [6.45, 7) is 0. The van der Waals surface area contributed by atoms with Gasteiger partial charge in [0, 0.05) is 23.7 Å². The molecule has 2 unspecified atom stereocenters. The van der Waals surface area contributed by atoms with Gasteiger partial charge in [0.15, 0.2) is 5.11 Å². The normalized spacial score (nSPS) is 23.0. The number of para-hydroxylation sites is 1. The van der Waals surface area contributed by atoms with Crippen LogP contribution in [-0.2, 0) is 0 Å². The Morgan fingerprint density at radius 2 is 1.52 bits per heavy atom. The van der Waals surface area contributed by atoms with Crippen molar-refractivity contribution < 1.29 is 0 Å². The maximum atomic E-state index is 5.87. The molecule has 0 bridgehead atoms. The first-order valence-corrected chi connectivity index (χ1v) is 9.93. The molecule has 0 aliphatic heterocycles. The highest BCUT2D eigenvalue weighted by Gasteiger charge is 2.46. The molecule has 0 saturated heterocycles. The summed E-state index contributed by atoms with van der Waals surface area (Å²) in [6, 6.07) is 22.4. The molecule has 2 aromatic carbocycles. The fourth-order valence-electron chi connectivity index (χ4n) is 4.20. The van der Waals surface area contributed by atoms with Crippen LogP contribution < -0.4 is 5.32 Å². The topological polar surface area (TPSA) is 15.3 Å². The number of hydrogen-bond donors (Lipinski definition) is 1. The van der Waals surface area contributed by atoms with Crippen LogP contribution in [0.2, 0.25) is 0 Å². The van der Waals surface area contributed by atoms with Crippen molar-refractivity contribution in [2.24, 2.45) is 0 Å². The second-order valence-electron chi connectivity index (χ2n) is 7.32. The Morgan fingerprint density at radius 3 is 2.20 bits per heavy atom. The molecule has 2 nitrogen and oxygen atoms in total. The van der Waals surface area contributed by atoms with Crippen molar-refractivity contribution in [2.45, 2.75) is 56.5 Å². The van der Waals surface area contributed by atoms with E-state index in [1.54, 1.807) is 0 Å². The average Bonchev–Trinajstić information content (AvgIpc) is 3.45. The molecule has 0 spiro atoms. The summed E-state index contributed by atoms with van der Waals surface area (Å²) in [7, 11) is 0. The van der Waals surface area contributed by atoms with Gasteiger partial charge in [0.1, 0.15) is 0 Å². The summed E-state index contributed by atoms with van der Waals surface area (Å²) in [5.74, 6) is 0.624. The maximum Gasteiger partial charge on any atom is 0.173 e. The molecule has 2 saturated carbocycles. The fourth-order valence-corrected chi connectivity index (χ4v) is 4.61. The number of benzene rings is 2. The van der Waals surface area contributed by atoms with Crippen LogP contribution >= 0.6 is 12.2 Å². The van der Waals surface area contributed by atoms with Crippen molar-refractivity contribution in [3.05, 3.63) is 66.2 Å². The minimum absolute atomic E-state index is 0.550. The standard InChI is InChI=1S/C22H26N2S/c25-22(23-18-12-6-2-7-13-18)24(19-14-8-3-9-15-19)21-16-20(21)17-10-4-1-5-11-17/h1-2,4-7,10-13,19-21H,3,8-9,14-16H2,(H,23,25). The lowest BCUT2D eigenvalue weighted by Crippen LogP contribution is -2.45. The Morgan fingerprint density at radius 1 is 0.880 bits per heavy atom. The predicted octanol–water partition coefficient (Wildman–Crippen LogP) is 5.57. The van der Waals surface area contributed by atoms with E-state index >= 15 is 0 Å². The number of hydrogen-bond acceptors (Lipinski definition) is 1. The molecule has 4 rings (SSSR count). The molecule has 25 heavy (non-hydrogen) atoms. The van der Waals surface area contributed by atoms with Crippen LogP contribution in [0.4, 0.5) is 5.69 Å². The van der Waals surface area contributed by atoms with Gasteiger partial charge in [0.05, 0.1) is 0 Å². The van der Waals surface area contributed by atoms with E-state index in [4.69, 9.17) is 12.2 Å². The Kier molecular flexibility index (Phi) is 5.02. The quantitative estimate of drug-likeness (QED) is 0.725. The molecule has 3 heteroatoms. The summed E-state index contributed by atoms with van der Waals surface area (Å²) < 4.78 is 0. The molecule has 0 radical (unpaired) electrons. The third kappa shape index (κ3) is 3.87. The van der Waals surface area contributed by atoms with Crippen molar-refractivity contribution in [1.29, 1.82) is 0 Å². The lowest BCUT2D eigenvalue weighted by atomic mass is 9.94. The van der Waals surface area contributed by atoms with Gasteiger partial charge < -0.3 is 10.2 Å². The van der Waals surface area contributed by atoms with Gasteiger partial charge in [-0.1, -0.05) is 67.8 Å². The third-order valence-corrected chi connectivity index (χ3v) is 5.88. The maximum absolute atomic E-state index is 5.87. The monoisotopic (exact) mass is 350 g/mol. The zero-order valence-corrected chi connectivity index (χ0v) is 15.4. The first-order valence-electron chi connectivity index (χ1n) is 9.52. The smallest absolute Gasteiger partial charge is 0.173 e. The predicted molar refractivity (Wildman–Crippen MR) is 109 cm³/mol. The van der Waals surface area contributed by atoms with Crippen molar-refractivity contribution in [2.75, 3.05) is 5.32 Å². The SMILES string of the molecule is S=C(Nc1ccccc1)N(C1CCCCC1)C1CC1c1ccccc1.